The predicted molar refractivity (Wildman–Crippen MR) is 112 cm³/mol. The molecule has 0 radical (unpaired) electrons. The highest BCUT2D eigenvalue weighted by molar-refractivity contribution is 5.71. The van der Waals surface area contributed by atoms with E-state index in [2.05, 4.69) is 5.73 Å². The van der Waals surface area contributed by atoms with Crippen molar-refractivity contribution in [2.45, 2.75) is 110 Å². The van der Waals surface area contributed by atoms with Gasteiger partial charge in [0.05, 0.1) is 19.3 Å². The quantitative estimate of drug-likeness (QED) is 0.172. The number of ether oxygens (including phenoxy) is 5. The van der Waals surface area contributed by atoms with Crippen LogP contribution in [0.1, 0.15) is 79.1 Å². The van der Waals surface area contributed by atoms with Crippen LogP contribution in [-0.2, 0) is 38.1 Å². The Morgan fingerprint density at radius 1 is 0.781 bits per heavy atom. The molecule has 1 rings (SSSR count). The lowest BCUT2D eigenvalue weighted by molar-refractivity contribution is -0.369. The number of carbonyl (C=O) groups excluding carboxylic acids is 3. The molecule has 5 atom stereocenters. The first-order valence-corrected chi connectivity index (χ1v) is 11.5. The lowest BCUT2D eigenvalue weighted by Gasteiger charge is -2.43. The van der Waals surface area contributed by atoms with Crippen molar-refractivity contribution in [1.82, 2.24) is 0 Å². The maximum absolute atomic E-state index is 12.3. The van der Waals surface area contributed by atoms with E-state index in [1.165, 1.54) is 0 Å². The van der Waals surface area contributed by atoms with Crippen LogP contribution in [0.4, 0.5) is 0 Å². The molecule has 1 aliphatic heterocycles. The van der Waals surface area contributed by atoms with Crippen molar-refractivity contribution in [1.29, 1.82) is 0 Å². The molecule has 0 amide bonds. The normalized spacial score (nSPS) is 24.8. The van der Waals surface area contributed by atoms with E-state index in [1.54, 1.807) is 6.92 Å². The third kappa shape index (κ3) is 10.6. The first-order chi connectivity index (χ1) is 14.9. The molecule has 0 bridgehead atoms. The average molecular weight is 526 g/mol. The van der Waals surface area contributed by atoms with Crippen molar-refractivity contribution >= 4 is 17.9 Å². The second kappa shape index (κ2) is 17.3. The van der Waals surface area contributed by atoms with Crippen LogP contribution in [0.25, 0.3) is 0 Å². The molecule has 1 heterocycles. The van der Waals surface area contributed by atoms with Crippen LogP contribution >= 0.6 is 0 Å². The maximum Gasteiger partial charge on any atom is 0.306 e. The third-order valence-corrected chi connectivity index (χ3v) is 4.82. The molecule has 0 unspecified atom stereocenters. The second-order valence-corrected chi connectivity index (χ2v) is 7.75. The fourth-order valence-corrected chi connectivity index (χ4v) is 3.25. The first kappa shape index (κ1) is 30.8. The molecular formula is C22H40BrNO8. The Morgan fingerprint density at radius 3 is 1.72 bits per heavy atom. The van der Waals surface area contributed by atoms with Crippen molar-refractivity contribution in [2.75, 3.05) is 13.2 Å². The summed E-state index contributed by atoms with van der Waals surface area (Å²) >= 11 is 0. The van der Waals surface area contributed by atoms with Crippen molar-refractivity contribution in [3.63, 3.8) is 0 Å². The number of hydrogen-bond donors (Lipinski definition) is 1. The summed E-state index contributed by atoms with van der Waals surface area (Å²) < 4.78 is 28.7. The van der Waals surface area contributed by atoms with Gasteiger partial charge < -0.3 is 46.4 Å². The van der Waals surface area contributed by atoms with Gasteiger partial charge in [-0.1, -0.05) is 20.8 Å². The van der Waals surface area contributed by atoms with Gasteiger partial charge >= 0.3 is 17.9 Å². The topological polar surface area (TPSA) is 125 Å². The zero-order valence-electron chi connectivity index (χ0n) is 19.8. The minimum absolute atomic E-state index is 0. The van der Waals surface area contributed by atoms with Crippen LogP contribution in [-0.4, -0.2) is 61.8 Å². The van der Waals surface area contributed by atoms with Crippen LogP contribution in [0.3, 0.4) is 0 Å². The first-order valence-electron chi connectivity index (χ1n) is 11.5. The third-order valence-electron chi connectivity index (χ3n) is 4.82. The summed E-state index contributed by atoms with van der Waals surface area (Å²) in [6.07, 6.45) is -0.384. The minimum Gasteiger partial charge on any atom is -1.00 e. The largest absolute Gasteiger partial charge is 1.00 e. The van der Waals surface area contributed by atoms with Crippen molar-refractivity contribution < 1.29 is 60.8 Å². The van der Waals surface area contributed by atoms with Gasteiger partial charge in [-0.2, -0.15) is 0 Å². The zero-order chi connectivity index (χ0) is 23.2. The van der Waals surface area contributed by atoms with Gasteiger partial charge in [0.15, 0.2) is 24.6 Å². The molecule has 10 heteroatoms. The maximum atomic E-state index is 12.3. The van der Waals surface area contributed by atoms with Crippen molar-refractivity contribution in [2.24, 2.45) is 0 Å². The molecule has 1 fully saturated rings. The van der Waals surface area contributed by atoms with E-state index in [-0.39, 0.29) is 36.2 Å². The van der Waals surface area contributed by atoms with Crippen LogP contribution in [0.2, 0.25) is 0 Å². The number of unbranched alkanes of at least 4 members (excludes halogenated alkanes) is 1. The van der Waals surface area contributed by atoms with Crippen LogP contribution in [0.5, 0.6) is 0 Å². The Bertz CT molecular complexity index is 562. The van der Waals surface area contributed by atoms with Gasteiger partial charge in [0.25, 0.3) is 0 Å². The predicted octanol–water partition coefficient (Wildman–Crippen LogP) is -1.09. The van der Waals surface area contributed by atoms with E-state index in [4.69, 9.17) is 23.7 Å². The molecule has 1 saturated heterocycles. The molecule has 1 aliphatic rings. The fourth-order valence-electron chi connectivity index (χ4n) is 3.25. The highest BCUT2D eigenvalue weighted by Gasteiger charge is 2.51. The number of hydrogen-bond acceptors (Lipinski definition) is 8. The van der Waals surface area contributed by atoms with Gasteiger partial charge in [-0.25, -0.2) is 0 Å². The van der Waals surface area contributed by atoms with Gasteiger partial charge in [0.2, 0.25) is 0 Å². The molecule has 9 nitrogen and oxygen atoms in total. The van der Waals surface area contributed by atoms with Gasteiger partial charge in [0.1, 0.15) is 0 Å². The summed E-state index contributed by atoms with van der Waals surface area (Å²) in [4.78, 5) is 36.9. The molecule has 0 saturated carbocycles. The summed E-state index contributed by atoms with van der Waals surface area (Å²) in [5, 5.41) is 0. The SMILES string of the molecule is CCCC(=O)O[C@H]1[C@H](OC(=O)CCC)[C@@H](OCCCC[NH3+])O[C@@H](C)[C@H]1OC(=O)CCC.[Br-]. The number of quaternary nitrogens is 1. The van der Waals surface area contributed by atoms with Gasteiger partial charge in [-0.05, 0) is 39.0 Å². The Labute approximate surface area is 201 Å². The monoisotopic (exact) mass is 525 g/mol. The van der Waals surface area contributed by atoms with E-state index in [9.17, 15) is 14.4 Å². The Kier molecular flexibility index (Phi) is 16.6. The minimum atomic E-state index is -1.03. The summed E-state index contributed by atoms with van der Waals surface area (Å²) in [7, 11) is 0. The molecular weight excluding hydrogens is 486 g/mol. The zero-order valence-corrected chi connectivity index (χ0v) is 21.4. The number of carbonyl (C=O) groups is 3. The average Bonchev–Trinajstić information content (AvgIpc) is 2.71. The molecule has 0 spiro atoms. The van der Waals surface area contributed by atoms with Crippen LogP contribution in [0.15, 0.2) is 0 Å². The Morgan fingerprint density at radius 2 is 1.25 bits per heavy atom. The van der Waals surface area contributed by atoms with E-state index < -0.39 is 48.6 Å². The standard InChI is InChI=1S/C22H39NO8.BrH/c1-5-10-16(24)29-19-15(4)28-22(27-14-9-8-13-23)21(31-18(26)12-7-3)20(19)30-17(25)11-6-2;/h15,19-22H,5-14,23H2,1-4H3;1H/t15-,19+,20+,21-,22-;/m0./s1. The van der Waals surface area contributed by atoms with E-state index >= 15 is 0 Å². The summed E-state index contributed by atoms with van der Waals surface area (Å²) in [5.74, 6) is -1.33. The molecule has 3 N–H and O–H groups in total. The number of halogens is 1. The van der Waals surface area contributed by atoms with Crippen molar-refractivity contribution in [3.05, 3.63) is 0 Å². The van der Waals surface area contributed by atoms with Crippen LogP contribution < -0.4 is 22.7 Å². The lowest BCUT2D eigenvalue weighted by Crippen LogP contribution is -3.00. The van der Waals surface area contributed by atoms with Gasteiger partial charge in [-0.3, -0.25) is 14.4 Å². The van der Waals surface area contributed by atoms with E-state index in [1.807, 2.05) is 20.8 Å². The summed E-state index contributed by atoms with van der Waals surface area (Å²) in [6, 6.07) is 0. The summed E-state index contributed by atoms with van der Waals surface area (Å²) in [6.45, 7) is 8.48. The van der Waals surface area contributed by atoms with E-state index in [0.717, 1.165) is 19.4 Å². The van der Waals surface area contributed by atoms with Gasteiger partial charge in [0, 0.05) is 19.3 Å². The number of esters is 3. The Hall–Kier alpha value is -1.23. The second-order valence-electron chi connectivity index (χ2n) is 7.75. The molecule has 188 valence electrons. The Balaban J connectivity index is 0.00000961. The van der Waals surface area contributed by atoms with E-state index in [0.29, 0.717) is 25.9 Å². The molecule has 0 aromatic carbocycles. The fraction of sp³-hybridized carbons (Fsp3) is 0.864. The lowest BCUT2D eigenvalue weighted by atomic mass is 9.98. The van der Waals surface area contributed by atoms with Crippen LogP contribution in [0, 0.1) is 0 Å². The number of rotatable bonds is 14. The summed E-state index contributed by atoms with van der Waals surface area (Å²) in [5.41, 5.74) is 3.81. The molecule has 32 heavy (non-hydrogen) atoms. The highest BCUT2D eigenvalue weighted by atomic mass is 79.9. The van der Waals surface area contributed by atoms with Gasteiger partial charge in [-0.15, -0.1) is 0 Å². The molecule has 0 aromatic rings. The molecule has 0 aromatic heterocycles. The smallest absolute Gasteiger partial charge is 0.306 e. The highest BCUT2D eigenvalue weighted by Crippen LogP contribution is 2.30. The molecule has 0 aliphatic carbocycles. The van der Waals surface area contributed by atoms with Crippen molar-refractivity contribution in [3.8, 4) is 0 Å².